The number of carbonyl (C=O) groups is 2. The topological polar surface area (TPSA) is 71.3 Å². The first-order valence-electron chi connectivity index (χ1n) is 7.68. The van der Waals surface area contributed by atoms with Gasteiger partial charge in [0.25, 0.3) is 0 Å². The lowest BCUT2D eigenvalue weighted by atomic mass is 10.1. The van der Waals surface area contributed by atoms with E-state index in [1.54, 1.807) is 30.3 Å². The minimum atomic E-state index is -1.08. The molecule has 5 heteroatoms. The predicted octanol–water partition coefficient (Wildman–Crippen LogP) is 2.89. The van der Waals surface area contributed by atoms with Crippen molar-refractivity contribution in [1.82, 2.24) is 9.88 Å². The van der Waals surface area contributed by atoms with Crippen LogP contribution in [-0.4, -0.2) is 21.6 Å². The highest BCUT2D eigenvalue weighted by atomic mass is 16.4. The highest BCUT2D eigenvalue weighted by Gasteiger charge is 2.22. The SMILES string of the molecule is Cc1cc2ccccc2n1CC(=O)NC(C(=O)O)c1ccccc1. The fourth-order valence-electron chi connectivity index (χ4n) is 2.84. The first-order valence-corrected chi connectivity index (χ1v) is 7.68. The number of hydrogen-bond donors (Lipinski definition) is 2. The molecule has 0 saturated carbocycles. The Morgan fingerprint density at radius 3 is 2.46 bits per heavy atom. The van der Waals surface area contributed by atoms with Crippen LogP contribution in [0.5, 0.6) is 0 Å². The Hall–Kier alpha value is -3.08. The Bertz CT molecular complexity index is 884. The molecule has 2 aromatic carbocycles. The van der Waals surface area contributed by atoms with Crippen molar-refractivity contribution in [1.29, 1.82) is 0 Å². The molecule has 1 atom stereocenters. The molecule has 1 unspecified atom stereocenters. The van der Waals surface area contributed by atoms with Gasteiger partial charge in [0.1, 0.15) is 6.54 Å². The van der Waals surface area contributed by atoms with Gasteiger partial charge in [0.05, 0.1) is 0 Å². The number of hydrogen-bond acceptors (Lipinski definition) is 2. The molecule has 0 spiro atoms. The van der Waals surface area contributed by atoms with E-state index in [-0.39, 0.29) is 12.5 Å². The molecule has 3 aromatic rings. The van der Waals surface area contributed by atoms with Crippen LogP contribution in [-0.2, 0) is 16.1 Å². The van der Waals surface area contributed by atoms with E-state index in [1.807, 2.05) is 41.8 Å². The van der Waals surface area contributed by atoms with Crippen molar-refractivity contribution in [2.75, 3.05) is 0 Å². The average Bonchev–Trinajstić information content (AvgIpc) is 2.89. The second-order valence-electron chi connectivity index (χ2n) is 5.68. The van der Waals surface area contributed by atoms with Gasteiger partial charge in [-0.3, -0.25) is 4.79 Å². The number of fused-ring (bicyclic) bond motifs is 1. The second kappa shape index (κ2) is 6.58. The molecule has 24 heavy (non-hydrogen) atoms. The summed E-state index contributed by atoms with van der Waals surface area (Å²) in [6, 6.07) is 17.4. The standard InChI is InChI=1S/C19H18N2O3/c1-13-11-15-9-5-6-10-16(15)21(13)12-17(22)20-18(19(23)24)14-7-3-2-4-8-14/h2-11,18H,12H2,1H3,(H,20,22)(H,23,24). The van der Waals surface area contributed by atoms with Crippen LogP contribution >= 0.6 is 0 Å². The molecule has 122 valence electrons. The Morgan fingerprint density at radius 1 is 1.08 bits per heavy atom. The molecule has 0 bridgehead atoms. The van der Waals surface area contributed by atoms with Gasteiger partial charge >= 0.3 is 5.97 Å². The molecule has 0 radical (unpaired) electrons. The molecule has 1 heterocycles. The number of aryl methyl sites for hydroxylation is 1. The minimum Gasteiger partial charge on any atom is -0.479 e. The summed E-state index contributed by atoms with van der Waals surface area (Å²) in [5.41, 5.74) is 2.46. The number of carboxylic acids is 1. The van der Waals surface area contributed by atoms with Gasteiger partial charge in [0, 0.05) is 11.2 Å². The van der Waals surface area contributed by atoms with Gasteiger partial charge in [0.2, 0.25) is 5.91 Å². The molecule has 1 aromatic heterocycles. The van der Waals surface area contributed by atoms with Crippen LogP contribution in [0.15, 0.2) is 60.7 Å². The van der Waals surface area contributed by atoms with Gasteiger partial charge in [-0.05, 0) is 30.0 Å². The van der Waals surface area contributed by atoms with Gasteiger partial charge in [-0.1, -0.05) is 48.5 Å². The van der Waals surface area contributed by atoms with Crippen LogP contribution < -0.4 is 5.32 Å². The molecule has 0 aliphatic rings. The third-order valence-electron chi connectivity index (χ3n) is 4.00. The minimum absolute atomic E-state index is 0.0793. The lowest BCUT2D eigenvalue weighted by Gasteiger charge is -2.16. The maximum atomic E-state index is 12.4. The number of amides is 1. The Labute approximate surface area is 139 Å². The molecule has 2 N–H and O–H groups in total. The van der Waals surface area contributed by atoms with Crippen molar-refractivity contribution in [2.24, 2.45) is 0 Å². The number of carboxylic acid groups (broad SMARTS) is 1. The van der Waals surface area contributed by atoms with E-state index in [2.05, 4.69) is 5.32 Å². The number of aromatic nitrogens is 1. The summed E-state index contributed by atoms with van der Waals surface area (Å²) in [7, 11) is 0. The van der Waals surface area contributed by atoms with Gasteiger partial charge in [-0.25, -0.2) is 4.79 Å². The van der Waals surface area contributed by atoms with Gasteiger partial charge in [-0.15, -0.1) is 0 Å². The number of rotatable bonds is 5. The molecular formula is C19H18N2O3. The Morgan fingerprint density at radius 2 is 1.75 bits per heavy atom. The molecule has 1 amide bonds. The molecular weight excluding hydrogens is 304 g/mol. The third-order valence-corrected chi connectivity index (χ3v) is 4.00. The van der Waals surface area contributed by atoms with Crippen molar-refractivity contribution in [3.63, 3.8) is 0 Å². The quantitative estimate of drug-likeness (QED) is 0.759. The zero-order valence-electron chi connectivity index (χ0n) is 13.3. The summed E-state index contributed by atoms with van der Waals surface area (Å²) in [4.78, 5) is 23.9. The summed E-state index contributed by atoms with van der Waals surface area (Å²) in [5, 5.41) is 13.1. The second-order valence-corrected chi connectivity index (χ2v) is 5.68. The summed E-state index contributed by atoms with van der Waals surface area (Å²) in [6.45, 7) is 2.01. The normalized spacial score (nSPS) is 12.0. The first kappa shape index (κ1) is 15.8. The summed E-state index contributed by atoms with van der Waals surface area (Å²) < 4.78 is 1.88. The Kier molecular flexibility index (Phi) is 4.33. The number of aliphatic carboxylic acids is 1. The van der Waals surface area contributed by atoms with Crippen molar-refractivity contribution in [3.8, 4) is 0 Å². The van der Waals surface area contributed by atoms with Crippen LogP contribution in [0.2, 0.25) is 0 Å². The summed E-state index contributed by atoms with van der Waals surface area (Å²) in [6.07, 6.45) is 0. The molecule has 0 fully saturated rings. The van der Waals surface area contributed by atoms with Crippen LogP contribution in [0, 0.1) is 6.92 Å². The molecule has 0 aliphatic carbocycles. The lowest BCUT2D eigenvalue weighted by Crippen LogP contribution is -2.36. The molecule has 5 nitrogen and oxygen atoms in total. The largest absolute Gasteiger partial charge is 0.479 e. The van der Waals surface area contributed by atoms with E-state index >= 15 is 0 Å². The fourth-order valence-corrected chi connectivity index (χ4v) is 2.84. The third kappa shape index (κ3) is 3.15. The number of para-hydroxylation sites is 1. The smallest absolute Gasteiger partial charge is 0.330 e. The van der Waals surface area contributed by atoms with Gasteiger partial charge < -0.3 is 15.0 Å². The number of benzene rings is 2. The zero-order valence-corrected chi connectivity index (χ0v) is 13.3. The van der Waals surface area contributed by atoms with Crippen LogP contribution in [0.25, 0.3) is 10.9 Å². The van der Waals surface area contributed by atoms with E-state index in [9.17, 15) is 14.7 Å². The maximum absolute atomic E-state index is 12.4. The lowest BCUT2D eigenvalue weighted by molar-refractivity contribution is -0.142. The monoisotopic (exact) mass is 322 g/mol. The molecule has 3 rings (SSSR count). The number of nitrogens with zero attached hydrogens (tertiary/aromatic N) is 1. The van der Waals surface area contributed by atoms with E-state index < -0.39 is 12.0 Å². The maximum Gasteiger partial charge on any atom is 0.330 e. The predicted molar refractivity (Wildman–Crippen MR) is 91.6 cm³/mol. The zero-order chi connectivity index (χ0) is 17.1. The highest BCUT2D eigenvalue weighted by molar-refractivity contribution is 5.87. The van der Waals surface area contributed by atoms with Crippen molar-refractivity contribution >= 4 is 22.8 Å². The highest BCUT2D eigenvalue weighted by Crippen LogP contribution is 2.19. The van der Waals surface area contributed by atoms with Crippen molar-refractivity contribution in [3.05, 3.63) is 71.9 Å². The average molecular weight is 322 g/mol. The van der Waals surface area contributed by atoms with Crippen LogP contribution in [0.1, 0.15) is 17.3 Å². The number of carbonyl (C=O) groups excluding carboxylic acids is 1. The Balaban J connectivity index is 1.81. The molecule has 0 saturated heterocycles. The van der Waals surface area contributed by atoms with E-state index in [0.29, 0.717) is 5.56 Å². The van der Waals surface area contributed by atoms with E-state index in [0.717, 1.165) is 16.6 Å². The van der Waals surface area contributed by atoms with Gasteiger partial charge in [0.15, 0.2) is 6.04 Å². The van der Waals surface area contributed by atoms with E-state index in [4.69, 9.17) is 0 Å². The first-order chi connectivity index (χ1) is 11.6. The van der Waals surface area contributed by atoms with Crippen LogP contribution in [0.4, 0.5) is 0 Å². The number of nitrogens with one attached hydrogen (secondary N) is 1. The van der Waals surface area contributed by atoms with Gasteiger partial charge in [-0.2, -0.15) is 0 Å². The van der Waals surface area contributed by atoms with Crippen molar-refractivity contribution < 1.29 is 14.7 Å². The van der Waals surface area contributed by atoms with E-state index in [1.165, 1.54) is 0 Å². The summed E-state index contributed by atoms with van der Waals surface area (Å²) >= 11 is 0. The summed E-state index contributed by atoms with van der Waals surface area (Å²) in [5.74, 6) is -1.42. The molecule has 0 aliphatic heterocycles. The fraction of sp³-hybridized carbons (Fsp3) is 0.158. The van der Waals surface area contributed by atoms with Crippen molar-refractivity contribution in [2.45, 2.75) is 19.5 Å². The van der Waals surface area contributed by atoms with Crippen LogP contribution in [0.3, 0.4) is 0 Å².